The number of amides is 2. The molecule has 2 rings (SSSR count). The Labute approximate surface area is 138 Å². The zero-order chi connectivity index (χ0) is 17.0. The maximum Gasteiger partial charge on any atom is 0.282 e. The Bertz CT molecular complexity index is 690. The molecule has 126 valence electrons. The molecule has 1 heterocycles. The molecule has 1 fully saturated rings. The largest absolute Gasteiger partial charge is 0.325 e. The third kappa shape index (κ3) is 4.22. The highest BCUT2D eigenvalue weighted by Gasteiger charge is 2.23. The van der Waals surface area contributed by atoms with Gasteiger partial charge in [0.1, 0.15) is 6.54 Å². The minimum Gasteiger partial charge on any atom is -0.325 e. The predicted octanol–water partition coefficient (Wildman–Crippen LogP) is 0.976. The highest BCUT2D eigenvalue weighted by molar-refractivity contribution is 8.13. The Morgan fingerprint density at radius 3 is 2.57 bits per heavy atom. The van der Waals surface area contributed by atoms with E-state index in [1.54, 1.807) is 0 Å². The van der Waals surface area contributed by atoms with Crippen molar-refractivity contribution in [1.82, 2.24) is 9.37 Å². The summed E-state index contributed by atoms with van der Waals surface area (Å²) in [5.74, 6) is 0.358. The van der Waals surface area contributed by atoms with Crippen LogP contribution in [0.4, 0.5) is 10.5 Å². The number of rotatable bonds is 6. The van der Waals surface area contributed by atoms with Crippen LogP contribution in [0.15, 0.2) is 29.2 Å². The number of thioether (sulfide) groups is 1. The van der Waals surface area contributed by atoms with Crippen molar-refractivity contribution < 1.29 is 22.8 Å². The molecule has 0 saturated carbocycles. The molecule has 0 spiro atoms. The standard InChI is InChI=1S/C13H17N3O5S2/c1-15(21-2)23(19,20)11-5-3-10(4-6-11)14-12(17)9-16-7-8-22-13(16)18/h3-6H,7-9H2,1-2H3,(H,14,17). The van der Waals surface area contributed by atoms with Crippen LogP contribution in [-0.4, -0.2) is 61.9 Å². The molecule has 2 amide bonds. The third-order valence-electron chi connectivity index (χ3n) is 3.21. The molecule has 8 nitrogen and oxygen atoms in total. The summed E-state index contributed by atoms with van der Waals surface area (Å²) in [4.78, 5) is 29.5. The van der Waals surface area contributed by atoms with Crippen molar-refractivity contribution in [3.63, 3.8) is 0 Å². The van der Waals surface area contributed by atoms with E-state index in [1.165, 1.54) is 55.1 Å². The van der Waals surface area contributed by atoms with E-state index < -0.39 is 10.0 Å². The maximum absolute atomic E-state index is 12.0. The van der Waals surface area contributed by atoms with Gasteiger partial charge in [-0.25, -0.2) is 8.42 Å². The number of carbonyl (C=O) groups is 2. The van der Waals surface area contributed by atoms with E-state index in [1.807, 2.05) is 0 Å². The first-order chi connectivity index (χ1) is 10.8. The SMILES string of the molecule is CON(C)S(=O)(=O)c1ccc(NC(=O)CN2CCSC2=O)cc1. The first-order valence-corrected chi connectivity index (χ1v) is 9.12. The summed E-state index contributed by atoms with van der Waals surface area (Å²) in [5, 5.41) is 2.52. The van der Waals surface area contributed by atoms with Crippen LogP contribution < -0.4 is 5.32 Å². The molecule has 0 aromatic heterocycles. The van der Waals surface area contributed by atoms with Crippen molar-refractivity contribution in [2.75, 3.05) is 38.3 Å². The van der Waals surface area contributed by atoms with E-state index >= 15 is 0 Å². The summed E-state index contributed by atoms with van der Waals surface area (Å²) in [7, 11) is -1.18. The monoisotopic (exact) mass is 359 g/mol. The molecular formula is C13H17N3O5S2. The minimum absolute atomic E-state index is 0.0156. The number of carbonyl (C=O) groups excluding carboxylic acids is 2. The lowest BCUT2D eigenvalue weighted by atomic mass is 10.3. The number of anilines is 1. The summed E-state index contributed by atoms with van der Waals surface area (Å²) in [6.45, 7) is 0.537. The molecule has 0 atom stereocenters. The van der Waals surface area contributed by atoms with E-state index in [4.69, 9.17) is 0 Å². The Kier molecular flexibility index (Phi) is 5.63. The summed E-state index contributed by atoms with van der Waals surface area (Å²) >= 11 is 1.19. The van der Waals surface area contributed by atoms with Gasteiger partial charge in [-0.15, -0.1) is 0 Å². The Morgan fingerprint density at radius 1 is 1.39 bits per heavy atom. The van der Waals surface area contributed by atoms with Crippen LogP contribution in [-0.2, 0) is 19.7 Å². The van der Waals surface area contributed by atoms with Crippen molar-refractivity contribution in [3.8, 4) is 0 Å². The van der Waals surface area contributed by atoms with Gasteiger partial charge in [-0.05, 0) is 24.3 Å². The number of nitrogens with one attached hydrogen (secondary N) is 1. The second-order valence-electron chi connectivity index (χ2n) is 4.71. The average molecular weight is 359 g/mol. The smallest absolute Gasteiger partial charge is 0.282 e. The quantitative estimate of drug-likeness (QED) is 0.761. The molecule has 0 bridgehead atoms. The van der Waals surface area contributed by atoms with Gasteiger partial charge < -0.3 is 10.2 Å². The lowest BCUT2D eigenvalue weighted by Crippen LogP contribution is -2.33. The molecule has 1 N–H and O–H groups in total. The molecule has 0 aliphatic carbocycles. The van der Waals surface area contributed by atoms with Crippen molar-refractivity contribution in [1.29, 1.82) is 0 Å². The molecule has 0 unspecified atom stereocenters. The number of nitrogens with zero attached hydrogens (tertiary/aromatic N) is 2. The topological polar surface area (TPSA) is 96.0 Å². The van der Waals surface area contributed by atoms with Gasteiger partial charge >= 0.3 is 0 Å². The zero-order valence-electron chi connectivity index (χ0n) is 12.7. The summed E-state index contributed by atoms with van der Waals surface area (Å²) in [6, 6.07) is 5.71. The third-order valence-corrected chi connectivity index (χ3v) is 5.80. The van der Waals surface area contributed by atoms with Gasteiger partial charge in [0.25, 0.3) is 15.3 Å². The van der Waals surface area contributed by atoms with Gasteiger partial charge in [-0.3, -0.25) is 14.4 Å². The lowest BCUT2D eigenvalue weighted by Gasteiger charge is -2.15. The van der Waals surface area contributed by atoms with Crippen LogP contribution in [0, 0.1) is 0 Å². The first-order valence-electron chi connectivity index (χ1n) is 6.69. The Balaban J connectivity index is 2.00. The second kappa shape index (κ2) is 7.30. The summed E-state index contributed by atoms with van der Waals surface area (Å²) < 4.78 is 24.8. The molecule has 0 radical (unpaired) electrons. The Hall–Kier alpha value is -1.62. The molecule has 1 aliphatic heterocycles. The number of benzene rings is 1. The predicted molar refractivity (Wildman–Crippen MR) is 86.5 cm³/mol. The molecule has 23 heavy (non-hydrogen) atoms. The zero-order valence-corrected chi connectivity index (χ0v) is 14.3. The number of sulfonamides is 1. The van der Waals surface area contributed by atoms with Gasteiger partial charge in [-0.2, -0.15) is 0 Å². The average Bonchev–Trinajstić information content (AvgIpc) is 2.92. The molecule has 1 aromatic carbocycles. The van der Waals surface area contributed by atoms with E-state index in [2.05, 4.69) is 10.2 Å². The second-order valence-corrected chi connectivity index (χ2v) is 7.69. The van der Waals surface area contributed by atoms with Crippen molar-refractivity contribution >= 4 is 38.6 Å². The van der Waals surface area contributed by atoms with Crippen LogP contribution in [0.25, 0.3) is 0 Å². The molecule has 1 aromatic rings. The van der Waals surface area contributed by atoms with Gasteiger partial charge in [0.05, 0.1) is 12.0 Å². The van der Waals surface area contributed by atoms with Gasteiger partial charge in [-0.1, -0.05) is 16.2 Å². The van der Waals surface area contributed by atoms with Crippen LogP contribution in [0.2, 0.25) is 0 Å². The van der Waals surface area contributed by atoms with Gasteiger partial charge in [0.2, 0.25) is 5.91 Å². The normalized spacial score (nSPS) is 15.3. The summed E-state index contributed by atoms with van der Waals surface area (Å²) in [5.41, 5.74) is 0.452. The van der Waals surface area contributed by atoms with Crippen LogP contribution in [0.1, 0.15) is 0 Å². The van der Waals surface area contributed by atoms with E-state index in [0.29, 0.717) is 18.0 Å². The van der Waals surface area contributed by atoms with Crippen LogP contribution in [0.3, 0.4) is 0 Å². The van der Waals surface area contributed by atoms with E-state index in [9.17, 15) is 18.0 Å². The number of hydroxylamine groups is 1. The summed E-state index contributed by atoms with van der Waals surface area (Å²) in [6.07, 6.45) is 0. The molecular weight excluding hydrogens is 342 g/mol. The molecule has 10 heteroatoms. The minimum atomic E-state index is -3.72. The van der Waals surface area contributed by atoms with Crippen LogP contribution >= 0.6 is 11.8 Å². The number of hydrogen-bond donors (Lipinski definition) is 1. The van der Waals surface area contributed by atoms with Crippen molar-refractivity contribution in [3.05, 3.63) is 24.3 Å². The van der Waals surface area contributed by atoms with Crippen LogP contribution in [0.5, 0.6) is 0 Å². The first kappa shape index (κ1) is 17.7. The molecule has 1 aliphatic rings. The highest BCUT2D eigenvalue weighted by atomic mass is 32.2. The van der Waals surface area contributed by atoms with Gasteiger partial charge in [0.15, 0.2) is 0 Å². The fourth-order valence-corrected chi connectivity index (χ4v) is 3.70. The fraction of sp³-hybridized carbons (Fsp3) is 0.385. The Morgan fingerprint density at radius 2 is 2.04 bits per heavy atom. The van der Waals surface area contributed by atoms with E-state index in [-0.39, 0.29) is 22.6 Å². The van der Waals surface area contributed by atoms with Crippen molar-refractivity contribution in [2.24, 2.45) is 0 Å². The van der Waals surface area contributed by atoms with E-state index in [0.717, 1.165) is 4.47 Å². The fourth-order valence-electron chi connectivity index (χ4n) is 1.90. The lowest BCUT2D eigenvalue weighted by molar-refractivity contribution is -0.116. The number of hydrogen-bond acceptors (Lipinski definition) is 6. The molecule has 1 saturated heterocycles. The highest BCUT2D eigenvalue weighted by Crippen LogP contribution is 2.19. The maximum atomic E-state index is 12.0. The van der Waals surface area contributed by atoms with Crippen molar-refractivity contribution in [2.45, 2.75) is 4.90 Å². The van der Waals surface area contributed by atoms with Gasteiger partial charge in [0, 0.05) is 25.0 Å².